The predicted octanol–water partition coefficient (Wildman–Crippen LogP) is 0.853. The van der Waals surface area contributed by atoms with Gasteiger partial charge >= 0.3 is 6.18 Å². The van der Waals surface area contributed by atoms with E-state index in [0.717, 1.165) is 12.8 Å². The van der Waals surface area contributed by atoms with Crippen LogP contribution in [0.15, 0.2) is 0 Å². The summed E-state index contributed by atoms with van der Waals surface area (Å²) in [5, 5.41) is 0. The highest BCUT2D eigenvalue weighted by atomic mass is 19.4. The summed E-state index contributed by atoms with van der Waals surface area (Å²) in [5.41, 5.74) is 10.2. The maximum atomic E-state index is 12.1. The molecule has 0 heterocycles. The van der Waals surface area contributed by atoms with Crippen molar-refractivity contribution in [3.63, 3.8) is 0 Å². The second-order valence-corrected chi connectivity index (χ2v) is 5.14. The molecular formula is C11H20F3N3O. The number of alkyl halides is 3. The molecule has 1 saturated carbocycles. The lowest BCUT2D eigenvalue weighted by molar-refractivity contribution is -0.143. The summed E-state index contributed by atoms with van der Waals surface area (Å²) < 4.78 is 36.4. The SMILES string of the molecule is CN(CCC1CCCC1(N)C(N)=O)CC(F)(F)F. The van der Waals surface area contributed by atoms with Crippen LogP contribution in [0.25, 0.3) is 0 Å². The van der Waals surface area contributed by atoms with Gasteiger partial charge in [0.2, 0.25) is 5.91 Å². The van der Waals surface area contributed by atoms with E-state index in [0.29, 0.717) is 12.8 Å². The Hall–Kier alpha value is -0.820. The Kier molecular flexibility index (Phi) is 4.61. The van der Waals surface area contributed by atoms with E-state index in [1.165, 1.54) is 11.9 Å². The second kappa shape index (κ2) is 5.44. The summed E-state index contributed by atoms with van der Waals surface area (Å²) in [6.45, 7) is -0.690. The van der Waals surface area contributed by atoms with Crippen molar-refractivity contribution in [2.45, 2.75) is 37.4 Å². The van der Waals surface area contributed by atoms with Crippen LogP contribution in [-0.2, 0) is 4.79 Å². The van der Waals surface area contributed by atoms with E-state index in [9.17, 15) is 18.0 Å². The normalized spacial score (nSPS) is 28.9. The van der Waals surface area contributed by atoms with Crippen LogP contribution in [0, 0.1) is 5.92 Å². The molecule has 7 heteroatoms. The lowest BCUT2D eigenvalue weighted by Gasteiger charge is -2.29. The second-order valence-electron chi connectivity index (χ2n) is 5.14. The summed E-state index contributed by atoms with van der Waals surface area (Å²) in [6.07, 6.45) is -1.66. The Morgan fingerprint density at radius 2 is 2.11 bits per heavy atom. The maximum Gasteiger partial charge on any atom is 0.401 e. The van der Waals surface area contributed by atoms with Gasteiger partial charge in [-0.15, -0.1) is 0 Å². The molecule has 1 fully saturated rings. The monoisotopic (exact) mass is 267 g/mol. The number of rotatable bonds is 5. The van der Waals surface area contributed by atoms with Crippen LogP contribution in [0.2, 0.25) is 0 Å². The highest BCUT2D eigenvalue weighted by Gasteiger charge is 2.44. The summed E-state index contributed by atoms with van der Waals surface area (Å²) in [4.78, 5) is 12.5. The van der Waals surface area contributed by atoms with Gasteiger partial charge in [0, 0.05) is 0 Å². The molecule has 1 amide bonds. The van der Waals surface area contributed by atoms with Crippen LogP contribution in [-0.4, -0.2) is 42.7 Å². The van der Waals surface area contributed by atoms with Gasteiger partial charge in [-0.2, -0.15) is 13.2 Å². The van der Waals surface area contributed by atoms with Gasteiger partial charge in [0.1, 0.15) is 0 Å². The van der Waals surface area contributed by atoms with Crippen LogP contribution in [0.4, 0.5) is 13.2 Å². The fourth-order valence-electron chi connectivity index (χ4n) is 2.59. The fourth-order valence-corrected chi connectivity index (χ4v) is 2.59. The molecule has 106 valence electrons. The van der Waals surface area contributed by atoms with E-state index in [4.69, 9.17) is 11.5 Å². The van der Waals surface area contributed by atoms with Crippen LogP contribution < -0.4 is 11.5 Å². The Morgan fingerprint density at radius 1 is 1.50 bits per heavy atom. The third-order valence-electron chi connectivity index (χ3n) is 3.64. The molecular weight excluding hydrogens is 247 g/mol. The van der Waals surface area contributed by atoms with Crippen molar-refractivity contribution in [1.29, 1.82) is 0 Å². The molecule has 18 heavy (non-hydrogen) atoms. The van der Waals surface area contributed by atoms with Crippen molar-refractivity contribution in [3.8, 4) is 0 Å². The highest BCUT2D eigenvalue weighted by Crippen LogP contribution is 2.36. The summed E-state index contributed by atoms with van der Waals surface area (Å²) in [6, 6.07) is 0. The topological polar surface area (TPSA) is 72.3 Å². The lowest BCUT2D eigenvalue weighted by atomic mass is 9.85. The minimum absolute atomic E-state index is 0.120. The van der Waals surface area contributed by atoms with Crippen LogP contribution in [0.1, 0.15) is 25.7 Å². The van der Waals surface area contributed by atoms with E-state index in [1.807, 2.05) is 0 Å². The summed E-state index contributed by atoms with van der Waals surface area (Å²) in [5.74, 6) is -0.672. The first-order chi connectivity index (χ1) is 8.15. The van der Waals surface area contributed by atoms with Crippen molar-refractivity contribution in [1.82, 2.24) is 4.90 Å². The molecule has 0 spiro atoms. The largest absolute Gasteiger partial charge is 0.401 e. The van der Waals surface area contributed by atoms with Crippen molar-refractivity contribution >= 4 is 5.91 Å². The van der Waals surface area contributed by atoms with Crippen molar-refractivity contribution < 1.29 is 18.0 Å². The molecule has 0 aliphatic heterocycles. The summed E-state index contributed by atoms with van der Waals surface area (Å²) in [7, 11) is 1.41. The highest BCUT2D eigenvalue weighted by molar-refractivity contribution is 5.85. The predicted molar refractivity (Wildman–Crippen MR) is 61.6 cm³/mol. The van der Waals surface area contributed by atoms with Gasteiger partial charge in [-0.25, -0.2) is 0 Å². The van der Waals surface area contributed by atoms with Crippen LogP contribution in [0.3, 0.4) is 0 Å². The number of nitrogens with two attached hydrogens (primary N) is 2. The van der Waals surface area contributed by atoms with Crippen molar-refractivity contribution in [2.24, 2.45) is 17.4 Å². The third-order valence-corrected chi connectivity index (χ3v) is 3.64. The van der Waals surface area contributed by atoms with Crippen molar-refractivity contribution in [3.05, 3.63) is 0 Å². The zero-order chi connectivity index (χ0) is 14.0. The minimum Gasteiger partial charge on any atom is -0.368 e. The van der Waals surface area contributed by atoms with Gasteiger partial charge in [0.25, 0.3) is 0 Å². The molecule has 4 nitrogen and oxygen atoms in total. The fraction of sp³-hybridized carbons (Fsp3) is 0.909. The molecule has 2 unspecified atom stereocenters. The molecule has 0 bridgehead atoms. The Balaban J connectivity index is 2.46. The average molecular weight is 267 g/mol. The van der Waals surface area contributed by atoms with E-state index >= 15 is 0 Å². The van der Waals surface area contributed by atoms with Gasteiger partial charge in [-0.05, 0) is 38.8 Å². The van der Waals surface area contributed by atoms with Gasteiger partial charge in [-0.1, -0.05) is 6.42 Å². The molecule has 1 rings (SSSR count). The maximum absolute atomic E-state index is 12.1. The molecule has 0 saturated heterocycles. The smallest absolute Gasteiger partial charge is 0.368 e. The molecule has 2 atom stereocenters. The van der Waals surface area contributed by atoms with Crippen LogP contribution >= 0.6 is 0 Å². The Labute approximate surface area is 104 Å². The van der Waals surface area contributed by atoms with Gasteiger partial charge in [0.05, 0.1) is 12.1 Å². The first-order valence-corrected chi connectivity index (χ1v) is 5.99. The first-order valence-electron chi connectivity index (χ1n) is 5.99. The lowest BCUT2D eigenvalue weighted by Crippen LogP contribution is -2.55. The third kappa shape index (κ3) is 3.84. The number of nitrogens with zero attached hydrogens (tertiary/aromatic N) is 1. The molecule has 0 radical (unpaired) electrons. The quantitative estimate of drug-likeness (QED) is 0.775. The molecule has 0 aromatic rings. The van der Waals surface area contributed by atoms with Gasteiger partial charge in [0.15, 0.2) is 0 Å². The number of hydrogen-bond acceptors (Lipinski definition) is 3. The standard InChI is InChI=1S/C11H20F3N3O/c1-17(7-11(12,13)14)6-4-8-3-2-5-10(8,16)9(15)18/h8H,2-7,16H2,1H3,(H2,15,18). The van der Waals surface area contributed by atoms with Crippen molar-refractivity contribution in [2.75, 3.05) is 20.1 Å². The minimum atomic E-state index is -4.20. The molecule has 0 aromatic heterocycles. The number of carbonyl (C=O) groups excluding carboxylic acids is 1. The van der Waals surface area contributed by atoms with Gasteiger partial charge in [-0.3, -0.25) is 9.69 Å². The average Bonchev–Trinajstić information content (AvgIpc) is 2.55. The first kappa shape index (κ1) is 15.2. The summed E-state index contributed by atoms with van der Waals surface area (Å²) >= 11 is 0. The zero-order valence-electron chi connectivity index (χ0n) is 10.5. The van der Waals surface area contributed by atoms with Gasteiger partial charge < -0.3 is 11.5 Å². The Bertz CT molecular complexity index is 308. The van der Waals surface area contributed by atoms with E-state index in [2.05, 4.69) is 0 Å². The molecule has 0 aromatic carbocycles. The zero-order valence-corrected chi connectivity index (χ0v) is 10.5. The molecule has 1 aliphatic carbocycles. The number of primary amides is 1. The Morgan fingerprint density at radius 3 is 2.61 bits per heavy atom. The van der Waals surface area contributed by atoms with E-state index < -0.39 is 24.2 Å². The number of amides is 1. The number of halogens is 3. The number of carbonyl (C=O) groups is 1. The van der Waals surface area contributed by atoms with E-state index in [-0.39, 0.29) is 12.5 Å². The van der Waals surface area contributed by atoms with E-state index in [1.54, 1.807) is 0 Å². The van der Waals surface area contributed by atoms with Crippen LogP contribution in [0.5, 0.6) is 0 Å². The molecule has 4 N–H and O–H groups in total. The molecule has 1 aliphatic rings. The number of hydrogen-bond donors (Lipinski definition) is 2.